The van der Waals surface area contributed by atoms with Gasteiger partial charge in [-0.3, -0.25) is 9.59 Å². The van der Waals surface area contributed by atoms with E-state index in [9.17, 15) is 9.59 Å². The van der Waals surface area contributed by atoms with Crippen LogP contribution in [0.25, 0.3) is 0 Å². The number of aromatic nitrogens is 2. The van der Waals surface area contributed by atoms with Gasteiger partial charge in [0.1, 0.15) is 6.04 Å². The van der Waals surface area contributed by atoms with Crippen molar-refractivity contribution in [2.75, 3.05) is 18.9 Å². The summed E-state index contributed by atoms with van der Waals surface area (Å²) in [6, 6.07) is -0.598. The van der Waals surface area contributed by atoms with Crippen molar-refractivity contribution in [1.29, 1.82) is 0 Å². The zero-order valence-corrected chi connectivity index (χ0v) is 10.7. The molecule has 8 heteroatoms. The molecule has 0 aliphatic rings. The van der Waals surface area contributed by atoms with Crippen LogP contribution < -0.4 is 16.0 Å². The number of hydrogen-bond acceptors (Lipinski definition) is 6. The number of likely N-dealkylation sites (N-methyl/N-ethyl adjacent to an activating group) is 1. The van der Waals surface area contributed by atoms with E-state index < -0.39 is 11.9 Å². The van der Waals surface area contributed by atoms with Crippen LogP contribution >= 0.6 is 11.3 Å². The summed E-state index contributed by atoms with van der Waals surface area (Å²) in [5.41, 5.74) is 0. The van der Waals surface area contributed by atoms with Gasteiger partial charge < -0.3 is 16.0 Å². The van der Waals surface area contributed by atoms with E-state index in [0.717, 1.165) is 11.3 Å². The maximum atomic E-state index is 11.7. The largest absolute Gasteiger partial charge is 0.360 e. The summed E-state index contributed by atoms with van der Waals surface area (Å²) in [6.07, 6.45) is 0. The Morgan fingerprint density at radius 1 is 1.41 bits per heavy atom. The topological polar surface area (TPSA) is 96.0 Å². The summed E-state index contributed by atoms with van der Waals surface area (Å²) < 4.78 is 0. The molecule has 0 spiro atoms. The van der Waals surface area contributed by atoms with Gasteiger partial charge in [0.05, 0.1) is 0 Å². The lowest BCUT2D eigenvalue weighted by Crippen LogP contribution is -2.43. The molecule has 0 saturated heterocycles. The number of amides is 2. The Hall–Kier alpha value is -1.70. The quantitative estimate of drug-likeness (QED) is 0.681. The average Bonchev–Trinajstić information content (AvgIpc) is 2.77. The minimum absolute atomic E-state index is 0.233. The van der Waals surface area contributed by atoms with Crippen molar-refractivity contribution in [2.45, 2.75) is 19.9 Å². The first-order valence-corrected chi connectivity index (χ1v) is 6.00. The minimum Gasteiger partial charge on any atom is -0.360 e. The number of rotatable bonds is 5. The first-order valence-electron chi connectivity index (χ1n) is 5.18. The molecule has 17 heavy (non-hydrogen) atoms. The van der Waals surface area contributed by atoms with Gasteiger partial charge in [-0.25, -0.2) is 0 Å². The normalized spacial score (nSPS) is 11.7. The fraction of sp³-hybridized carbons (Fsp3) is 0.556. The molecular weight excluding hydrogens is 242 g/mol. The molecule has 94 valence electrons. The van der Waals surface area contributed by atoms with Crippen molar-refractivity contribution in [3.8, 4) is 0 Å². The predicted molar refractivity (Wildman–Crippen MR) is 65.1 cm³/mol. The fourth-order valence-electron chi connectivity index (χ4n) is 1.08. The molecule has 0 saturated carbocycles. The second-order valence-electron chi connectivity index (χ2n) is 3.25. The Kier molecular flexibility index (Phi) is 4.83. The monoisotopic (exact) mass is 257 g/mol. The Labute approximate surface area is 103 Å². The van der Waals surface area contributed by atoms with Crippen molar-refractivity contribution in [1.82, 2.24) is 20.8 Å². The summed E-state index contributed by atoms with van der Waals surface area (Å²) in [7, 11) is 1.51. The number of anilines is 1. The van der Waals surface area contributed by atoms with E-state index in [1.807, 2.05) is 6.92 Å². The molecule has 7 nitrogen and oxygen atoms in total. The van der Waals surface area contributed by atoms with Crippen molar-refractivity contribution >= 4 is 28.3 Å². The fourth-order valence-corrected chi connectivity index (χ4v) is 1.79. The molecule has 3 N–H and O–H groups in total. The first-order chi connectivity index (χ1) is 8.08. The third kappa shape index (κ3) is 3.66. The van der Waals surface area contributed by atoms with Gasteiger partial charge in [0.25, 0.3) is 5.91 Å². The van der Waals surface area contributed by atoms with E-state index in [2.05, 4.69) is 26.1 Å². The standard InChI is InChI=1S/C9H15N5O2S/c1-4-11-9-14-13-8(17-9)7(16)12-5(2)6(15)10-3/h5H,4H2,1-3H3,(H,10,15)(H,11,14)(H,12,16). The van der Waals surface area contributed by atoms with Gasteiger partial charge in [-0.2, -0.15) is 0 Å². The maximum Gasteiger partial charge on any atom is 0.282 e. The molecule has 1 heterocycles. The zero-order chi connectivity index (χ0) is 12.8. The lowest BCUT2D eigenvalue weighted by Gasteiger charge is -2.10. The molecule has 0 bridgehead atoms. The highest BCUT2D eigenvalue weighted by atomic mass is 32.1. The van der Waals surface area contributed by atoms with E-state index in [1.165, 1.54) is 7.05 Å². The summed E-state index contributed by atoms with van der Waals surface area (Å²) in [5, 5.41) is 16.3. The number of carbonyl (C=O) groups is 2. The van der Waals surface area contributed by atoms with Gasteiger partial charge in [-0.05, 0) is 13.8 Å². The molecule has 2 amide bonds. The van der Waals surface area contributed by atoms with E-state index in [-0.39, 0.29) is 10.9 Å². The molecule has 1 atom stereocenters. The molecule has 1 aromatic rings. The molecule has 0 fully saturated rings. The van der Waals surface area contributed by atoms with Crippen molar-refractivity contribution in [2.24, 2.45) is 0 Å². The SMILES string of the molecule is CCNc1nnc(C(=O)NC(C)C(=O)NC)s1. The van der Waals surface area contributed by atoms with Crippen molar-refractivity contribution in [3.63, 3.8) is 0 Å². The molecule has 1 aromatic heterocycles. The van der Waals surface area contributed by atoms with E-state index in [4.69, 9.17) is 0 Å². The summed E-state index contributed by atoms with van der Waals surface area (Å²) >= 11 is 1.15. The summed E-state index contributed by atoms with van der Waals surface area (Å²) in [4.78, 5) is 22.9. The van der Waals surface area contributed by atoms with E-state index >= 15 is 0 Å². The molecular formula is C9H15N5O2S. The predicted octanol–water partition coefficient (Wildman–Crippen LogP) is -0.166. The number of carbonyl (C=O) groups excluding carboxylic acids is 2. The Bertz CT molecular complexity index is 406. The Morgan fingerprint density at radius 3 is 2.71 bits per heavy atom. The first kappa shape index (κ1) is 13.4. The molecule has 1 rings (SSSR count). The Morgan fingerprint density at radius 2 is 2.12 bits per heavy atom. The number of nitrogens with zero attached hydrogens (tertiary/aromatic N) is 2. The third-order valence-corrected chi connectivity index (χ3v) is 2.81. The lowest BCUT2D eigenvalue weighted by atomic mass is 10.3. The van der Waals surface area contributed by atoms with Gasteiger partial charge in [0, 0.05) is 13.6 Å². The van der Waals surface area contributed by atoms with Crippen LogP contribution in [-0.2, 0) is 4.79 Å². The molecule has 0 radical (unpaired) electrons. The van der Waals surface area contributed by atoms with Crippen LogP contribution in [0.3, 0.4) is 0 Å². The van der Waals surface area contributed by atoms with Crippen molar-refractivity contribution < 1.29 is 9.59 Å². The molecule has 0 aliphatic heterocycles. The Balaban J connectivity index is 2.60. The van der Waals surface area contributed by atoms with Gasteiger partial charge in [-0.1, -0.05) is 11.3 Å². The second-order valence-corrected chi connectivity index (χ2v) is 4.23. The van der Waals surface area contributed by atoms with Crippen LogP contribution in [0.5, 0.6) is 0 Å². The van der Waals surface area contributed by atoms with Gasteiger partial charge in [0.2, 0.25) is 16.0 Å². The van der Waals surface area contributed by atoms with Crippen LogP contribution in [-0.4, -0.2) is 41.6 Å². The smallest absolute Gasteiger partial charge is 0.282 e. The minimum atomic E-state index is -0.598. The molecule has 1 unspecified atom stereocenters. The third-order valence-electron chi connectivity index (χ3n) is 1.93. The molecule has 0 aliphatic carbocycles. The highest BCUT2D eigenvalue weighted by Crippen LogP contribution is 2.14. The van der Waals surface area contributed by atoms with Crippen LogP contribution in [0.15, 0.2) is 0 Å². The summed E-state index contributed by atoms with van der Waals surface area (Å²) in [5.74, 6) is -0.655. The second kappa shape index (κ2) is 6.14. The van der Waals surface area contributed by atoms with Crippen LogP contribution in [0, 0.1) is 0 Å². The average molecular weight is 257 g/mol. The highest BCUT2D eigenvalue weighted by Gasteiger charge is 2.18. The summed E-state index contributed by atoms with van der Waals surface area (Å²) in [6.45, 7) is 4.24. The lowest BCUT2D eigenvalue weighted by molar-refractivity contribution is -0.122. The van der Waals surface area contributed by atoms with Crippen LogP contribution in [0.4, 0.5) is 5.13 Å². The van der Waals surface area contributed by atoms with E-state index in [1.54, 1.807) is 6.92 Å². The number of hydrogen-bond donors (Lipinski definition) is 3. The van der Waals surface area contributed by atoms with Gasteiger partial charge in [-0.15, -0.1) is 10.2 Å². The zero-order valence-electron chi connectivity index (χ0n) is 9.90. The van der Waals surface area contributed by atoms with Gasteiger partial charge in [0.15, 0.2) is 0 Å². The van der Waals surface area contributed by atoms with Crippen molar-refractivity contribution in [3.05, 3.63) is 5.01 Å². The van der Waals surface area contributed by atoms with E-state index in [0.29, 0.717) is 11.7 Å². The van der Waals surface area contributed by atoms with Gasteiger partial charge >= 0.3 is 0 Å². The molecule has 0 aromatic carbocycles. The highest BCUT2D eigenvalue weighted by molar-refractivity contribution is 7.17. The van der Waals surface area contributed by atoms with Crippen LogP contribution in [0.2, 0.25) is 0 Å². The van der Waals surface area contributed by atoms with Crippen LogP contribution in [0.1, 0.15) is 23.6 Å². The number of nitrogens with one attached hydrogen (secondary N) is 3. The maximum absolute atomic E-state index is 11.7.